The van der Waals surface area contributed by atoms with Crippen LogP contribution in [0.3, 0.4) is 0 Å². The highest BCUT2D eigenvalue weighted by atomic mass is 32.1. The number of rotatable bonds is 2. The number of anilines is 1. The van der Waals surface area contributed by atoms with Crippen LogP contribution in [0.25, 0.3) is 0 Å². The van der Waals surface area contributed by atoms with Gasteiger partial charge in [0, 0.05) is 32.2 Å². The normalized spacial score (nSPS) is 23.5. The van der Waals surface area contributed by atoms with Gasteiger partial charge in [-0.2, -0.15) is 0 Å². The van der Waals surface area contributed by atoms with E-state index >= 15 is 0 Å². The van der Waals surface area contributed by atoms with Crippen molar-refractivity contribution in [3.63, 3.8) is 0 Å². The molecular weight excluding hydrogens is 232 g/mol. The number of aromatic nitrogens is 2. The Morgan fingerprint density at radius 2 is 1.76 bits per heavy atom. The first-order valence-electron chi connectivity index (χ1n) is 6.62. The molecule has 94 valence electrons. The quantitative estimate of drug-likeness (QED) is 0.805. The molecule has 1 saturated heterocycles. The fraction of sp³-hybridized carbons (Fsp3) is 0.833. The van der Waals surface area contributed by atoms with Crippen molar-refractivity contribution in [3.8, 4) is 0 Å². The number of hydrogen-bond acceptors (Lipinski definition) is 5. The van der Waals surface area contributed by atoms with Gasteiger partial charge < -0.3 is 4.90 Å². The highest BCUT2D eigenvalue weighted by Crippen LogP contribution is 2.26. The molecule has 3 rings (SSSR count). The summed E-state index contributed by atoms with van der Waals surface area (Å²) in [6.07, 6.45) is 5.69. The minimum absolute atomic E-state index is 0.869. The predicted octanol–water partition coefficient (Wildman–Crippen LogP) is 1.91. The van der Waals surface area contributed by atoms with Crippen LogP contribution >= 0.6 is 11.3 Å². The Morgan fingerprint density at radius 1 is 1.06 bits per heavy atom. The zero-order chi connectivity index (χ0) is 11.7. The maximum atomic E-state index is 4.24. The van der Waals surface area contributed by atoms with E-state index in [-0.39, 0.29) is 0 Å². The van der Waals surface area contributed by atoms with Gasteiger partial charge in [0.15, 0.2) is 0 Å². The predicted molar refractivity (Wildman–Crippen MR) is 70.7 cm³/mol. The number of nitrogens with zero attached hydrogens (tertiary/aromatic N) is 4. The van der Waals surface area contributed by atoms with Crippen molar-refractivity contribution < 1.29 is 0 Å². The fourth-order valence-corrected chi connectivity index (χ4v) is 3.70. The van der Waals surface area contributed by atoms with Gasteiger partial charge >= 0.3 is 0 Å². The van der Waals surface area contributed by atoms with Crippen molar-refractivity contribution in [2.24, 2.45) is 0 Å². The van der Waals surface area contributed by atoms with Crippen LogP contribution in [0.5, 0.6) is 0 Å². The first-order chi connectivity index (χ1) is 8.33. The van der Waals surface area contributed by atoms with E-state index in [1.54, 1.807) is 11.3 Å². The summed E-state index contributed by atoms with van der Waals surface area (Å²) in [4.78, 5) is 5.06. The van der Waals surface area contributed by atoms with Crippen molar-refractivity contribution in [3.05, 3.63) is 5.01 Å². The Hall–Kier alpha value is -0.680. The van der Waals surface area contributed by atoms with E-state index in [9.17, 15) is 0 Å². The van der Waals surface area contributed by atoms with Crippen molar-refractivity contribution in [1.82, 2.24) is 15.1 Å². The van der Waals surface area contributed by atoms with Gasteiger partial charge in [0.05, 0.1) is 0 Å². The minimum atomic E-state index is 0.869. The van der Waals surface area contributed by atoms with Crippen molar-refractivity contribution >= 4 is 16.5 Å². The van der Waals surface area contributed by atoms with Crippen LogP contribution in [0.2, 0.25) is 0 Å². The number of piperazine rings is 1. The third-order valence-corrected chi connectivity index (χ3v) is 4.84. The molecule has 2 fully saturated rings. The maximum absolute atomic E-state index is 4.24. The SMILES string of the molecule is Cc1nnc(N2CCN(C3CCCC3)CC2)s1. The monoisotopic (exact) mass is 252 g/mol. The summed E-state index contributed by atoms with van der Waals surface area (Å²) in [5.41, 5.74) is 0. The van der Waals surface area contributed by atoms with Gasteiger partial charge in [-0.1, -0.05) is 24.2 Å². The smallest absolute Gasteiger partial charge is 0.208 e. The first-order valence-corrected chi connectivity index (χ1v) is 7.44. The van der Waals surface area contributed by atoms with E-state index in [1.165, 1.54) is 38.8 Å². The highest BCUT2D eigenvalue weighted by Gasteiger charge is 2.26. The van der Waals surface area contributed by atoms with Crippen molar-refractivity contribution in [2.45, 2.75) is 38.6 Å². The average Bonchev–Trinajstić information content (AvgIpc) is 3.00. The topological polar surface area (TPSA) is 32.3 Å². The van der Waals surface area contributed by atoms with Gasteiger partial charge in [0.25, 0.3) is 0 Å². The summed E-state index contributed by atoms with van der Waals surface area (Å²) in [6.45, 7) is 6.65. The molecule has 0 amide bonds. The van der Waals surface area contributed by atoms with E-state index in [2.05, 4.69) is 20.0 Å². The van der Waals surface area contributed by atoms with Gasteiger partial charge in [0.1, 0.15) is 5.01 Å². The highest BCUT2D eigenvalue weighted by molar-refractivity contribution is 7.15. The van der Waals surface area contributed by atoms with Crippen LogP contribution in [-0.4, -0.2) is 47.3 Å². The molecular formula is C12H20N4S. The molecule has 0 unspecified atom stereocenters. The van der Waals surface area contributed by atoms with Crippen LogP contribution in [-0.2, 0) is 0 Å². The van der Waals surface area contributed by atoms with Crippen LogP contribution in [0.1, 0.15) is 30.7 Å². The van der Waals surface area contributed by atoms with Gasteiger partial charge in [-0.25, -0.2) is 0 Å². The van der Waals surface area contributed by atoms with Crippen LogP contribution in [0, 0.1) is 6.92 Å². The first kappa shape index (κ1) is 11.4. The van der Waals surface area contributed by atoms with Crippen LogP contribution in [0.15, 0.2) is 0 Å². The van der Waals surface area contributed by atoms with Crippen molar-refractivity contribution in [1.29, 1.82) is 0 Å². The summed E-state index contributed by atoms with van der Waals surface area (Å²) in [5, 5.41) is 10.5. The number of aryl methyl sites for hydroxylation is 1. The largest absolute Gasteiger partial charge is 0.344 e. The molecule has 1 aliphatic heterocycles. The molecule has 0 bridgehead atoms. The second-order valence-corrected chi connectivity index (χ2v) is 6.23. The molecule has 0 aromatic carbocycles. The van der Waals surface area contributed by atoms with Gasteiger partial charge in [-0.15, -0.1) is 10.2 Å². The van der Waals surface area contributed by atoms with E-state index in [4.69, 9.17) is 0 Å². The summed E-state index contributed by atoms with van der Waals surface area (Å²) >= 11 is 1.71. The Morgan fingerprint density at radius 3 is 2.35 bits per heavy atom. The Kier molecular flexibility index (Phi) is 3.29. The molecule has 5 heteroatoms. The third-order valence-electron chi connectivity index (χ3n) is 3.94. The van der Waals surface area contributed by atoms with Gasteiger partial charge in [-0.05, 0) is 19.8 Å². The zero-order valence-corrected chi connectivity index (χ0v) is 11.2. The second-order valence-electron chi connectivity index (χ2n) is 5.06. The average molecular weight is 252 g/mol. The molecule has 0 radical (unpaired) electrons. The Balaban J connectivity index is 1.56. The number of hydrogen-bond donors (Lipinski definition) is 0. The lowest BCUT2D eigenvalue weighted by Gasteiger charge is -2.37. The van der Waals surface area contributed by atoms with Crippen molar-refractivity contribution in [2.75, 3.05) is 31.1 Å². The lowest BCUT2D eigenvalue weighted by molar-refractivity contribution is 0.187. The van der Waals surface area contributed by atoms with Gasteiger partial charge in [-0.3, -0.25) is 4.90 Å². The second kappa shape index (κ2) is 4.90. The van der Waals surface area contributed by atoms with E-state index in [0.29, 0.717) is 0 Å². The zero-order valence-electron chi connectivity index (χ0n) is 10.4. The molecule has 2 aliphatic rings. The lowest BCUT2D eigenvalue weighted by Crippen LogP contribution is -2.49. The van der Waals surface area contributed by atoms with E-state index < -0.39 is 0 Å². The molecule has 2 heterocycles. The van der Waals surface area contributed by atoms with E-state index in [0.717, 1.165) is 29.3 Å². The molecule has 1 aromatic rings. The molecule has 1 aliphatic carbocycles. The molecule has 17 heavy (non-hydrogen) atoms. The van der Waals surface area contributed by atoms with E-state index in [1.807, 2.05) is 6.92 Å². The minimum Gasteiger partial charge on any atom is -0.344 e. The standard InChI is InChI=1S/C12H20N4S/c1-10-13-14-12(17-10)16-8-6-15(7-9-16)11-4-2-3-5-11/h11H,2-9H2,1H3. The summed E-state index contributed by atoms with van der Waals surface area (Å²) in [5.74, 6) is 0. The molecule has 4 nitrogen and oxygen atoms in total. The van der Waals surface area contributed by atoms with Crippen LogP contribution < -0.4 is 4.90 Å². The lowest BCUT2D eigenvalue weighted by atomic mass is 10.2. The van der Waals surface area contributed by atoms with Gasteiger partial charge in [0.2, 0.25) is 5.13 Å². The molecule has 0 N–H and O–H groups in total. The summed E-state index contributed by atoms with van der Waals surface area (Å²) in [7, 11) is 0. The fourth-order valence-electron chi connectivity index (χ4n) is 2.96. The molecule has 0 atom stereocenters. The molecule has 1 saturated carbocycles. The molecule has 1 aromatic heterocycles. The molecule has 0 spiro atoms. The Bertz CT molecular complexity index is 364. The maximum Gasteiger partial charge on any atom is 0.208 e. The summed E-state index contributed by atoms with van der Waals surface area (Å²) in [6, 6.07) is 0.869. The Labute approximate surface area is 107 Å². The van der Waals surface area contributed by atoms with Crippen LogP contribution in [0.4, 0.5) is 5.13 Å². The third kappa shape index (κ3) is 2.45. The summed E-state index contributed by atoms with van der Waals surface area (Å²) < 4.78 is 0.